The van der Waals surface area contributed by atoms with E-state index in [9.17, 15) is 14.4 Å². The standard InChI is InChI=1S/C21H22N2O5/c1-13(17-12-14(27-2)8-9-18(17)28-3)22-19(24)10-11-23-20(25)15-6-4-5-7-16(15)21(23)26/h4-9,12-13H,10-11H2,1-3H3,(H,22,24)/t13-/m0/s1. The summed E-state index contributed by atoms with van der Waals surface area (Å²) in [6.07, 6.45) is 0.0160. The highest BCUT2D eigenvalue weighted by Crippen LogP contribution is 2.29. The van der Waals surface area contributed by atoms with Gasteiger partial charge in [0.15, 0.2) is 0 Å². The summed E-state index contributed by atoms with van der Waals surface area (Å²) >= 11 is 0. The third-order valence-electron chi connectivity index (χ3n) is 4.72. The number of hydrogen-bond donors (Lipinski definition) is 1. The van der Waals surface area contributed by atoms with Gasteiger partial charge in [0.05, 0.1) is 31.4 Å². The zero-order chi connectivity index (χ0) is 20.3. The minimum absolute atomic E-state index is 0.0160. The van der Waals surface area contributed by atoms with Gasteiger partial charge in [0, 0.05) is 18.5 Å². The fourth-order valence-electron chi connectivity index (χ4n) is 3.22. The Hall–Kier alpha value is -3.35. The van der Waals surface area contributed by atoms with E-state index in [4.69, 9.17) is 9.47 Å². The maximum atomic E-state index is 12.4. The Balaban J connectivity index is 1.62. The van der Waals surface area contributed by atoms with Crippen LogP contribution in [0.25, 0.3) is 0 Å². The number of imide groups is 1. The van der Waals surface area contributed by atoms with Gasteiger partial charge in [-0.2, -0.15) is 0 Å². The van der Waals surface area contributed by atoms with E-state index in [1.165, 1.54) is 0 Å². The van der Waals surface area contributed by atoms with Gasteiger partial charge >= 0.3 is 0 Å². The molecule has 0 unspecified atom stereocenters. The molecule has 3 rings (SSSR count). The van der Waals surface area contributed by atoms with E-state index in [0.717, 1.165) is 10.5 Å². The molecule has 0 fully saturated rings. The molecule has 2 aromatic carbocycles. The molecule has 0 spiro atoms. The van der Waals surface area contributed by atoms with Crippen molar-refractivity contribution >= 4 is 17.7 Å². The van der Waals surface area contributed by atoms with Crippen LogP contribution >= 0.6 is 0 Å². The van der Waals surface area contributed by atoms with Crippen molar-refractivity contribution < 1.29 is 23.9 Å². The molecule has 2 aromatic rings. The molecule has 0 aliphatic carbocycles. The number of rotatable bonds is 7. The van der Waals surface area contributed by atoms with Gasteiger partial charge in [0.25, 0.3) is 11.8 Å². The van der Waals surface area contributed by atoms with E-state index in [2.05, 4.69) is 5.32 Å². The van der Waals surface area contributed by atoms with Crippen molar-refractivity contribution in [2.24, 2.45) is 0 Å². The summed E-state index contributed by atoms with van der Waals surface area (Å²) in [5, 5.41) is 2.87. The normalized spacial score (nSPS) is 13.9. The first-order valence-corrected chi connectivity index (χ1v) is 8.92. The average Bonchev–Trinajstić information content (AvgIpc) is 2.96. The van der Waals surface area contributed by atoms with Crippen molar-refractivity contribution in [2.45, 2.75) is 19.4 Å². The average molecular weight is 382 g/mol. The van der Waals surface area contributed by atoms with Crippen molar-refractivity contribution in [2.75, 3.05) is 20.8 Å². The molecule has 1 N–H and O–H groups in total. The smallest absolute Gasteiger partial charge is 0.261 e. The SMILES string of the molecule is COc1ccc(OC)c([C@H](C)NC(=O)CCN2C(=O)c3ccccc3C2=O)c1. The number of ether oxygens (including phenoxy) is 2. The van der Waals surface area contributed by atoms with Crippen LogP contribution in [0.5, 0.6) is 11.5 Å². The quantitative estimate of drug-likeness (QED) is 0.744. The molecule has 28 heavy (non-hydrogen) atoms. The van der Waals surface area contributed by atoms with Gasteiger partial charge in [-0.25, -0.2) is 0 Å². The molecule has 3 amide bonds. The van der Waals surface area contributed by atoms with Crippen molar-refractivity contribution in [3.8, 4) is 11.5 Å². The lowest BCUT2D eigenvalue weighted by atomic mass is 10.1. The van der Waals surface area contributed by atoms with Gasteiger partial charge in [-0.15, -0.1) is 0 Å². The molecule has 0 bridgehead atoms. The molecule has 0 saturated carbocycles. The van der Waals surface area contributed by atoms with Gasteiger partial charge < -0.3 is 14.8 Å². The maximum Gasteiger partial charge on any atom is 0.261 e. The summed E-state index contributed by atoms with van der Waals surface area (Å²) in [6, 6.07) is 11.7. The second kappa shape index (κ2) is 8.12. The van der Waals surface area contributed by atoms with Gasteiger partial charge in [0.1, 0.15) is 11.5 Å². The minimum Gasteiger partial charge on any atom is -0.497 e. The van der Waals surface area contributed by atoms with Crippen LogP contribution in [0.1, 0.15) is 45.7 Å². The largest absolute Gasteiger partial charge is 0.497 e. The highest BCUT2D eigenvalue weighted by Gasteiger charge is 2.35. The van der Waals surface area contributed by atoms with Crippen molar-refractivity contribution in [3.05, 3.63) is 59.2 Å². The molecule has 0 radical (unpaired) electrons. The Morgan fingerprint density at radius 1 is 1.04 bits per heavy atom. The molecule has 1 aliphatic heterocycles. The fraction of sp³-hybridized carbons (Fsp3) is 0.286. The van der Waals surface area contributed by atoms with Gasteiger partial charge in [-0.05, 0) is 37.3 Å². The van der Waals surface area contributed by atoms with Crippen LogP contribution in [0.2, 0.25) is 0 Å². The van der Waals surface area contributed by atoms with Gasteiger partial charge in [-0.3, -0.25) is 19.3 Å². The Morgan fingerprint density at radius 3 is 2.25 bits per heavy atom. The minimum atomic E-state index is -0.365. The van der Waals surface area contributed by atoms with E-state index in [0.29, 0.717) is 22.6 Å². The fourth-order valence-corrected chi connectivity index (χ4v) is 3.22. The second-order valence-corrected chi connectivity index (χ2v) is 6.45. The molecular formula is C21H22N2O5. The molecular weight excluding hydrogens is 360 g/mol. The van der Waals surface area contributed by atoms with Crippen LogP contribution in [0.4, 0.5) is 0 Å². The number of hydrogen-bond acceptors (Lipinski definition) is 5. The summed E-state index contributed by atoms with van der Waals surface area (Å²) in [7, 11) is 3.12. The molecule has 1 aliphatic rings. The Morgan fingerprint density at radius 2 is 1.68 bits per heavy atom. The number of benzene rings is 2. The van der Waals surface area contributed by atoms with Crippen LogP contribution in [0, 0.1) is 0 Å². The topological polar surface area (TPSA) is 84.9 Å². The van der Waals surface area contributed by atoms with E-state index in [-0.39, 0.29) is 36.7 Å². The lowest BCUT2D eigenvalue weighted by molar-refractivity contribution is -0.121. The lowest BCUT2D eigenvalue weighted by Gasteiger charge is -2.19. The number of carbonyl (C=O) groups excluding carboxylic acids is 3. The van der Waals surface area contributed by atoms with E-state index >= 15 is 0 Å². The van der Waals surface area contributed by atoms with Crippen LogP contribution in [0.15, 0.2) is 42.5 Å². The van der Waals surface area contributed by atoms with E-state index < -0.39 is 0 Å². The Bertz CT molecular complexity index is 890. The Labute approximate surface area is 163 Å². The zero-order valence-corrected chi connectivity index (χ0v) is 16.0. The summed E-state index contributed by atoms with van der Waals surface area (Å²) in [4.78, 5) is 38.2. The predicted molar refractivity (Wildman–Crippen MR) is 103 cm³/mol. The van der Waals surface area contributed by atoms with Crippen LogP contribution < -0.4 is 14.8 Å². The number of nitrogens with one attached hydrogen (secondary N) is 1. The van der Waals surface area contributed by atoms with Crippen molar-refractivity contribution in [3.63, 3.8) is 0 Å². The number of carbonyl (C=O) groups is 3. The molecule has 7 nitrogen and oxygen atoms in total. The number of methoxy groups -OCH3 is 2. The molecule has 0 aromatic heterocycles. The number of amides is 3. The summed E-state index contributed by atoms with van der Waals surface area (Å²) < 4.78 is 10.6. The first-order valence-electron chi connectivity index (χ1n) is 8.92. The number of nitrogens with zero attached hydrogens (tertiary/aromatic N) is 1. The van der Waals surface area contributed by atoms with E-state index in [1.807, 2.05) is 6.92 Å². The van der Waals surface area contributed by atoms with Crippen LogP contribution in [-0.2, 0) is 4.79 Å². The third kappa shape index (κ3) is 3.69. The van der Waals surface area contributed by atoms with Crippen molar-refractivity contribution in [1.82, 2.24) is 10.2 Å². The first kappa shape index (κ1) is 19.4. The lowest BCUT2D eigenvalue weighted by Crippen LogP contribution is -2.35. The van der Waals surface area contributed by atoms with Crippen LogP contribution in [-0.4, -0.2) is 43.4 Å². The van der Waals surface area contributed by atoms with Gasteiger partial charge in [-0.1, -0.05) is 12.1 Å². The predicted octanol–water partition coefficient (Wildman–Crippen LogP) is 2.57. The second-order valence-electron chi connectivity index (χ2n) is 6.45. The number of fused-ring (bicyclic) bond motifs is 1. The van der Waals surface area contributed by atoms with Crippen LogP contribution in [0.3, 0.4) is 0 Å². The first-order chi connectivity index (χ1) is 13.5. The van der Waals surface area contributed by atoms with Gasteiger partial charge in [0.2, 0.25) is 5.91 Å². The Kier molecular flexibility index (Phi) is 5.63. The highest BCUT2D eigenvalue weighted by atomic mass is 16.5. The van der Waals surface area contributed by atoms with E-state index in [1.54, 1.807) is 56.7 Å². The highest BCUT2D eigenvalue weighted by molar-refractivity contribution is 6.21. The molecule has 7 heteroatoms. The van der Waals surface area contributed by atoms with Crippen molar-refractivity contribution in [1.29, 1.82) is 0 Å². The molecule has 1 atom stereocenters. The zero-order valence-electron chi connectivity index (χ0n) is 16.0. The maximum absolute atomic E-state index is 12.4. The molecule has 1 heterocycles. The summed E-state index contributed by atoms with van der Waals surface area (Å²) in [6.45, 7) is 1.86. The summed E-state index contributed by atoms with van der Waals surface area (Å²) in [5.74, 6) is 0.289. The molecule has 146 valence electrons. The monoisotopic (exact) mass is 382 g/mol. The third-order valence-corrected chi connectivity index (χ3v) is 4.72. The summed E-state index contributed by atoms with van der Waals surface area (Å²) in [5.41, 5.74) is 1.53. The molecule has 0 saturated heterocycles.